The summed E-state index contributed by atoms with van der Waals surface area (Å²) in [5.41, 5.74) is 6.32. The summed E-state index contributed by atoms with van der Waals surface area (Å²) in [6.07, 6.45) is 1.66. The molecule has 0 saturated heterocycles. The fourth-order valence-electron chi connectivity index (χ4n) is 1.27. The number of benzene rings is 1. The molecule has 0 radical (unpaired) electrons. The van der Waals surface area contributed by atoms with Gasteiger partial charge in [-0.1, -0.05) is 0 Å². The first-order valence-corrected chi connectivity index (χ1v) is 5.52. The van der Waals surface area contributed by atoms with Crippen LogP contribution in [0.3, 0.4) is 0 Å². The molecule has 0 bridgehead atoms. The number of aromatic hydroxyl groups is 1. The van der Waals surface area contributed by atoms with E-state index in [1.165, 1.54) is 0 Å². The molecule has 0 fully saturated rings. The lowest BCUT2D eigenvalue weighted by molar-refractivity contribution is 0.370. The maximum Gasteiger partial charge on any atom is 0.161 e. The fourth-order valence-corrected chi connectivity index (χ4v) is 1.93. The first-order valence-electron chi connectivity index (χ1n) is 4.44. The molecule has 0 amide bonds. The Hall–Kier alpha value is -0.490. The van der Waals surface area contributed by atoms with Gasteiger partial charge in [0.05, 0.1) is 7.11 Å². The normalized spacial score (nSPS) is 10.2. The fraction of sp³-hybridized carbons (Fsp3) is 0.400. The third-order valence-corrected chi connectivity index (χ3v) is 2.61. The Kier molecular flexibility index (Phi) is 4.47. The van der Waals surface area contributed by atoms with Gasteiger partial charge in [0.1, 0.15) is 0 Å². The Balaban J connectivity index is 2.96. The number of ether oxygens (including phenoxy) is 1. The Bertz CT molecular complexity index is 315. The topological polar surface area (TPSA) is 55.5 Å². The van der Waals surface area contributed by atoms with Gasteiger partial charge in [0.15, 0.2) is 11.5 Å². The highest BCUT2D eigenvalue weighted by Gasteiger charge is 2.08. The van der Waals surface area contributed by atoms with Gasteiger partial charge in [0.25, 0.3) is 0 Å². The van der Waals surface area contributed by atoms with Crippen molar-refractivity contribution in [3.05, 3.63) is 21.3 Å². The van der Waals surface area contributed by atoms with E-state index in [4.69, 9.17) is 10.5 Å². The molecule has 0 heterocycles. The Labute approximate surface area is 97.4 Å². The largest absolute Gasteiger partial charge is 0.504 e. The lowest BCUT2D eigenvalue weighted by Crippen LogP contribution is -2.01. The van der Waals surface area contributed by atoms with Gasteiger partial charge in [0, 0.05) is 3.57 Å². The number of hydrogen-bond donors (Lipinski definition) is 2. The van der Waals surface area contributed by atoms with Gasteiger partial charge in [-0.05, 0) is 59.7 Å². The van der Waals surface area contributed by atoms with Crippen LogP contribution in [-0.2, 0) is 6.42 Å². The number of rotatable bonds is 4. The monoisotopic (exact) mass is 307 g/mol. The molecule has 4 heteroatoms. The van der Waals surface area contributed by atoms with Crippen LogP contribution in [0.15, 0.2) is 12.1 Å². The average molecular weight is 307 g/mol. The van der Waals surface area contributed by atoms with E-state index in [0.29, 0.717) is 12.3 Å². The van der Waals surface area contributed by atoms with Gasteiger partial charge in [-0.2, -0.15) is 0 Å². The Morgan fingerprint density at radius 3 is 2.79 bits per heavy atom. The zero-order valence-corrected chi connectivity index (χ0v) is 10.2. The summed E-state index contributed by atoms with van der Waals surface area (Å²) in [5.74, 6) is 0.769. The summed E-state index contributed by atoms with van der Waals surface area (Å²) in [6, 6.07) is 3.76. The van der Waals surface area contributed by atoms with Crippen molar-refractivity contribution in [1.82, 2.24) is 0 Å². The van der Waals surface area contributed by atoms with Crippen molar-refractivity contribution in [3.63, 3.8) is 0 Å². The smallest absolute Gasteiger partial charge is 0.161 e. The van der Waals surface area contributed by atoms with Gasteiger partial charge >= 0.3 is 0 Å². The molecule has 0 aliphatic rings. The average Bonchev–Trinajstić information content (AvgIpc) is 2.18. The minimum Gasteiger partial charge on any atom is -0.504 e. The van der Waals surface area contributed by atoms with Crippen LogP contribution in [-0.4, -0.2) is 18.8 Å². The van der Waals surface area contributed by atoms with Gasteiger partial charge in [-0.3, -0.25) is 0 Å². The zero-order chi connectivity index (χ0) is 10.6. The molecular formula is C10H14INO2. The number of methoxy groups -OCH3 is 1. The van der Waals surface area contributed by atoms with Crippen molar-refractivity contribution in [2.45, 2.75) is 12.8 Å². The summed E-state index contributed by atoms with van der Waals surface area (Å²) in [5, 5.41) is 9.77. The predicted molar refractivity (Wildman–Crippen MR) is 64.8 cm³/mol. The van der Waals surface area contributed by atoms with Crippen molar-refractivity contribution in [3.8, 4) is 11.5 Å². The van der Waals surface area contributed by atoms with Gasteiger partial charge in [0.2, 0.25) is 0 Å². The molecule has 0 aromatic heterocycles. The highest BCUT2D eigenvalue weighted by Crippen LogP contribution is 2.32. The van der Waals surface area contributed by atoms with Crippen molar-refractivity contribution >= 4 is 22.6 Å². The lowest BCUT2D eigenvalue weighted by atomic mass is 10.1. The van der Waals surface area contributed by atoms with E-state index in [2.05, 4.69) is 22.6 Å². The molecule has 3 N–H and O–H groups in total. The molecular weight excluding hydrogens is 293 g/mol. The quantitative estimate of drug-likeness (QED) is 0.835. The number of hydrogen-bond acceptors (Lipinski definition) is 3. The van der Waals surface area contributed by atoms with Crippen LogP contribution in [0.4, 0.5) is 0 Å². The van der Waals surface area contributed by atoms with Crippen LogP contribution in [0.1, 0.15) is 12.0 Å². The minimum absolute atomic E-state index is 0.237. The van der Waals surface area contributed by atoms with Crippen molar-refractivity contribution in [2.75, 3.05) is 13.7 Å². The summed E-state index contributed by atoms with van der Waals surface area (Å²) in [6.45, 7) is 0.632. The molecule has 1 aromatic rings. The third kappa shape index (κ3) is 2.75. The SMILES string of the molecule is COc1cc(I)cc(CCCN)c1O. The first-order chi connectivity index (χ1) is 6.69. The number of phenolic OH excluding ortho intramolecular Hbond substituents is 1. The minimum atomic E-state index is 0.237. The zero-order valence-electron chi connectivity index (χ0n) is 8.09. The highest BCUT2D eigenvalue weighted by atomic mass is 127. The summed E-state index contributed by atoms with van der Waals surface area (Å²) in [4.78, 5) is 0. The molecule has 0 atom stereocenters. The highest BCUT2D eigenvalue weighted by molar-refractivity contribution is 14.1. The van der Waals surface area contributed by atoms with Crippen LogP contribution in [0.25, 0.3) is 0 Å². The molecule has 0 aliphatic heterocycles. The van der Waals surface area contributed by atoms with Gasteiger partial charge in [-0.15, -0.1) is 0 Å². The standard InChI is InChI=1S/C10H14INO2/c1-14-9-6-8(11)5-7(10(9)13)3-2-4-12/h5-6,13H,2-4,12H2,1H3. The molecule has 14 heavy (non-hydrogen) atoms. The van der Waals surface area contributed by atoms with E-state index in [9.17, 15) is 5.11 Å². The first kappa shape index (κ1) is 11.6. The van der Waals surface area contributed by atoms with Crippen LogP contribution >= 0.6 is 22.6 Å². The number of phenols is 1. The van der Waals surface area contributed by atoms with Gasteiger partial charge < -0.3 is 15.6 Å². The Morgan fingerprint density at radius 2 is 2.21 bits per heavy atom. The lowest BCUT2D eigenvalue weighted by Gasteiger charge is -2.09. The van der Waals surface area contributed by atoms with Gasteiger partial charge in [-0.25, -0.2) is 0 Å². The number of halogens is 1. The number of aryl methyl sites for hydroxylation is 1. The second-order valence-corrected chi connectivity index (χ2v) is 4.25. The Morgan fingerprint density at radius 1 is 1.50 bits per heavy atom. The van der Waals surface area contributed by atoms with E-state index in [0.717, 1.165) is 22.0 Å². The maximum atomic E-state index is 9.77. The van der Waals surface area contributed by atoms with Crippen molar-refractivity contribution in [1.29, 1.82) is 0 Å². The third-order valence-electron chi connectivity index (χ3n) is 1.99. The van der Waals surface area contributed by atoms with Crippen LogP contribution in [0, 0.1) is 3.57 Å². The maximum absolute atomic E-state index is 9.77. The van der Waals surface area contributed by atoms with E-state index < -0.39 is 0 Å². The summed E-state index contributed by atoms with van der Waals surface area (Å²) < 4.78 is 6.12. The molecule has 0 aliphatic carbocycles. The van der Waals surface area contributed by atoms with E-state index in [1.54, 1.807) is 7.11 Å². The van der Waals surface area contributed by atoms with Crippen LogP contribution in [0.5, 0.6) is 11.5 Å². The molecule has 0 unspecified atom stereocenters. The molecule has 1 aromatic carbocycles. The molecule has 78 valence electrons. The molecule has 3 nitrogen and oxygen atoms in total. The van der Waals surface area contributed by atoms with Crippen molar-refractivity contribution in [2.24, 2.45) is 5.73 Å². The summed E-state index contributed by atoms with van der Waals surface area (Å²) >= 11 is 2.20. The van der Waals surface area contributed by atoms with E-state index >= 15 is 0 Å². The van der Waals surface area contributed by atoms with E-state index in [1.807, 2.05) is 12.1 Å². The molecule has 0 saturated carbocycles. The van der Waals surface area contributed by atoms with E-state index in [-0.39, 0.29) is 5.75 Å². The second kappa shape index (κ2) is 5.41. The van der Waals surface area contributed by atoms with Crippen LogP contribution < -0.4 is 10.5 Å². The summed E-state index contributed by atoms with van der Waals surface area (Å²) in [7, 11) is 1.55. The molecule has 1 rings (SSSR count). The van der Waals surface area contributed by atoms with Crippen LogP contribution in [0.2, 0.25) is 0 Å². The second-order valence-electron chi connectivity index (χ2n) is 3.01. The van der Waals surface area contributed by atoms with Crippen molar-refractivity contribution < 1.29 is 9.84 Å². The number of nitrogens with two attached hydrogens (primary N) is 1. The predicted octanol–water partition coefficient (Wildman–Crippen LogP) is 1.90. The molecule has 0 spiro atoms.